The maximum absolute atomic E-state index is 10.9. The average Bonchev–Trinajstić information content (AvgIpc) is 2.39. The largest absolute Gasteiger partial charge is 0.469 e. The zero-order valence-corrected chi connectivity index (χ0v) is 12.2. The Morgan fingerprint density at radius 3 is 2.06 bits per heavy atom. The van der Waals surface area contributed by atoms with Gasteiger partial charge in [0.1, 0.15) is 0 Å². The lowest BCUT2D eigenvalue weighted by Crippen LogP contribution is -1.98. The molecule has 106 valence electrons. The number of hydrogen-bond donors (Lipinski definition) is 0. The normalized spacial score (nSPS) is 11.0. The molecule has 0 radical (unpaired) electrons. The molecule has 0 aliphatic heterocycles. The van der Waals surface area contributed by atoms with Crippen molar-refractivity contribution in [1.82, 2.24) is 0 Å². The smallest absolute Gasteiger partial charge is 0.305 e. The minimum Gasteiger partial charge on any atom is -0.469 e. The summed E-state index contributed by atoms with van der Waals surface area (Å²) >= 11 is 0. The van der Waals surface area contributed by atoms with Crippen molar-refractivity contribution in [2.75, 3.05) is 7.11 Å². The summed E-state index contributed by atoms with van der Waals surface area (Å²) in [7, 11) is 1.45. The zero-order chi connectivity index (χ0) is 13.5. The van der Waals surface area contributed by atoms with Gasteiger partial charge in [-0.25, -0.2) is 0 Å². The van der Waals surface area contributed by atoms with E-state index < -0.39 is 0 Å². The Balaban J connectivity index is 3.09. The molecule has 0 spiro atoms. The number of carbonyl (C=O) groups excluding carboxylic acids is 1. The number of rotatable bonds is 12. The fourth-order valence-electron chi connectivity index (χ4n) is 1.91. The van der Waals surface area contributed by atoms with Crippen LogP contribution < -0.4 is 0 Å². The van der Waals surface area contributed by atoms with Gasteiger partial charge in [-0.15, -0.1) is 0 Å². The second-order valence-electron chi connectivity index (χ2n) is 4.85. The molecule has 0 fully saturated rings. The fourth-order valence-corrected chi connectivity index (χ4v) is 1.91. The number of carbonyl (C=O) groups is 1. The molecule has 0 saturated heterocycles. The van der Waals surface area contributed by atoms with Crippen LogP contribution in [0, 0.1) is 0 Å². The molecular formula is C16H30O2. The predicted octanol–water partition coefficient (Wildman–Crippen LogP) is 5.03. The summed E-state index contributed by atoms with van der Waals surface area (Å²) in [5.41, 5.74) is 0. The second kappa shape index (κ2) is 14.3. The third-order valence-electron chi connectivity index (χ3n) is 3.12. The molecule has 0 heterocycles. The van der Waals surface area contributed by atoms with Crippen molar-refractivity contribution >= 4 is 5.97 Å². The topological polar surface area (TPSA) is 26.3 Å². The van der Waals surface area contributed by atoms with E-state index in [2.05, 4.69) is 23.8 Å². The van der Waals surface area contributed by atoms with Gasteiger partial charge in [-0.2, -0.15) is 0 Å². The average molecular weight is 254 g/mol. The van der Waals surface area contributed by atoms with E-state index in [0.717, 1.165) is 12.8 Å². The second-order valence-corrected chi connectivity index (χ2v) is 4.85. The van der Waals surface area contributed by atoms with Crippen molar-refractivity contribution in [3.63, 3.8) is 0 Å². The fraction of sp³-hybridized carbons (Fsp3) is 0.812. The van der Waals surface area contributed by atoms with Crippen LogP contribution >= 0.6 is 0 Å². The van der Waals surface area contributed by atoms with Gasteiger partial charge in [0.15, 0.2) is 0 Å². The van der Waals surface area contributed by atoms with E-state index in [0.29, 0.717) is 6.42 Å². The molecule has 0 aromatic heterocycles. The molecule has 0 bridgehead atoms. The molecule has 0 aliphatic rings. The molecule has 0 aromatic carbocycles. The quantitative estimate of drug-likeness (QED) is 0.277. The van der Waals surface area contributed by atoms with E-state index in [1.54, 1.807) is 0 Å². The summed E-state index contributed by atoms with van der Waals surface area (Å²) in [6, 6.07) is 0. The number of allylic oxidation sites excluding steroid dienone is 2. The van der Waals surface area contributed by atoms with Gasteiger partial charge in [-0.05, 0) is 32.1 Å². The molecular weight excluding hydrogens is 224 g/mol. The molecule has 18 heavy (non-hydrogen) atoms. The van der Waals surface area contributed by atoms with Crippen LogP contribution in [0.3, 0.4) is 0 Å². The Morgan fingerprint density at radius 2 is 1.44 bits per heavy atom. The Labute approximate surface area is 113 Å². The minimum absolute atomic E-state index is 0.0787. The number of esters is 1. The Bertz CT molecular complexity index is 209. The Hall–Kier alpha value is -0.790. The summed E-state index contributed by atoms with van der Waals surface area (Å²) in [5.74, 6) is -0.0787. The Morgan fingerprint density at radius 1 is 0.889 bits per heavy atom. The molecule has 0 amide bonds. The zero-order valence-electron chi connectivity index (χ0n) is 12.2. The molecule has 0 saturated carbocycles. The third kappa shape index (κ3) is 13.3. The van der Waals surface area contributed by atoms with Gasteiger partial charge in [0, 0.05) is 6.42 Å². The maximum Gasteiger partial charge on any atom is 0.305 e. The summed E-state index contributed by atoms with van der Waals surface area (Å²) < 4.78 is 4.60. The molecule has 0 rings (SSSR count). The van der Waals surface area contributed by atoms with E-state index in [9.17, 15) is 4.79 Å². The molecule has 0 unspecified atom stereocenters. The van der Waals surface area contributed by atoms with Crippen LogP contribution in [-0.2, 0) is 9.53 Å². The monoisotopic (exact) mass is 254 g/mol. The van der Waals surface area contributed by atoms with Crippen LogP contribution in [0.25, 0.3) is 0 Å². The molecule has 0 atom stereocenters. The van der Waals surface area contributed by atoms with Crippen LogP contribution in [0.4, 0.5) is 0 Å². The molecule has 2 heteroatoms. The lowest BCUT2D eigenvalue weighted by Gasteiger charge is -2.00. The standard InChI is InChI=1S/C16H30O2/c1-3-4-5-6-7-8-9-10-11-12-13-14-15-16(17)18-2/h7-8H,3-6,9-15H2,1-2H3/b8-7+. The lowest BCUT2D eigenvalue weighted by atomic mass is 10.1. The van der Waals surface area contributed by atoms with E-state index in [4.69, 9.17) is 0 Å². The number of methoxy groups -OCH3 is 1. The van der Waals surface area contributed by atoms with Crippen molar-refractivity contribution in [2.45, 2.75) is 77.6 Å². The number of ether oxygens (including phenoxy) is 1. The molecule has 2 nitrogen and oxygen atoms in total. The van der Waals surface area contributed by atoms with Crippen LogP contribution in [0.15, 0.2) is 12.2 Å². The van der Waals surface area contributed by atoms with Crippen molar-refractivity contribution in [2.24, 2.45) is 0 Å². The lowest BCUT2D eigenvalue weighted by molar-refractivity contribution is -0.140. The van der Waals surface area contributed by atoms with Crippen LogP contribution in [0.5, 0.6) is 0 Å². The van der Waals surface area contributed by atoms with Crippen LogP contribution in [0.1, 0.15) is 77.6 Å². The van der Waals surface area contributed by atoms with Gasteiger partial charge in [-0.3, -0.25) is 4.79 Å². The highest BCUT2D eigenvalue weighted by atomic mass is 16.5. The molecule has 0 aromatic rings. The first-order valence-corrected chi connectivity index (χ1v) is 7.53. The SMILES string of the molecule is CCCCC/C=C/CCCCCCCC(=O)OC. The number of hydrogen-bond acceptors (Lipinski definition) is 2. The highest BCUT2D eigenvalue weighted by Gasteiger charge is 1.98. The van der Waals surface area contributed by atoms with Gasteiger partial charge in [0.2, 0.25) is 0 Å². The highest BCUT2D eigenvalue weighted by Crippen LogP contribution is 2.08. The van der Waals surface area contributed by atoms with E-state index in [-0.39, 0.29) is 5.97 Å². The van der Waals surface area contributed by atoms with Gasteiger partial charge in [0.05, 0.1) is 7.11 Å². The molecule has 0 N–H and O–H groups in total. The summed E-state index contributed by atoms with van der Waals surface area (Å²) in [6.45, 7) is 2.24. The Kier molecular flexibility index (Phi) is 13.6. The van der Waals surface area contributed by atoms with Crippen molar-refractivity contribution in [3.05, 3.63) is 12.2 Å². The predicted molar refractivity (Wildman–Crippen MR) is 77.6 cm³/mol. The van der Waals surface area contributed by atoms with Gasteiger partial charge in [0.25, 0.3) is 0 Å². The van der Waals surface area contributed by atoms with E-state index in [1.165, 1.54) is 58.5 Å². The van der Waals surface area contributed by atoms with Crippen LogP contribution in [0.2, 0.25) is 0 Å². The van der Waals surface area contributed by atoms with Gasteiger partial charge < -0.3 is 4.74 Å². The maximum atomic E-state index is 10.9. The van der Waals surface area contributed by atoms with Crippen molar-refractivity contribution in [1.29, 1.82) is 0 Å². The number of unbranched alkanes of at least 4 members (excludes halogenated alkanes) is 8. The summed E-state index contributed by atoms with van der Waals surface area (Å²) in [5, 5.41) is 0. The third-order valence-corrected chi connectivity index (χ3v) is 3.12. The summed E-state index contributed by atoms with van der Waals surface area (Å²) in [6.07, 6.45) is 17.6. The minimum atomic E-state index is -0.0787. The van der Waals surface area contributed by atoms with Crippen molar-refractivity contribution in [3.8, 4) is 0 Å². The molecule has 0 aliphatic carbocycles. The van der Waals surface area contributed by atoms with Crippen LogP contribution in [-0.4, -0.2) is 13.1 Å². The van der Waals surface area contributed by atoms with Gasteiger partial charge >= 0.3 is 5.97 Å². The van der Waals surface area contributed by atoms with E-state index >= 15 is 0 Å². The first-order chi connectivity index (χ1) is 8.81. The van der Waals surface area contributed by atoms with Crippen molar-refractivity contribution < 1.29 is 9.53 Å². The first-order valence-electron chi connectivity index (χ1n) is 7.53. The van der Waals surface area contributed by atoms with Gasteiger partial charge in [-0.1, -0.05) is 51.2 Å². The summed E-state index contributed by atoms with van der Waals surface area (Å²) in [4.78, 5) is 10.9. The first kappa shape index (κ1) is 17.2. The highest BCUT2D eigenvalue weighted by molar-refractivity contribution is 5.68. The van der Waals surface area contributed by atoms with E-state index in [1.807, 2.05) is 0 Å².